The molecule has 0 aliphatic carbocycles. The van der Waals surface area contributed by atoms with Crippen molar-refractivity contribution in [2.75, 3.05) is 46.6 Å². The molecule has 0 aliphatic rings. The van der Waals surface area contributed by atoms with Gasteiger partial charge in [0.25, 0.3) is 0 Å². The van der Waals surface area contributed by atoms with Crippen LogP contribution < -0.4 is 0 Å². The molecule has 0 saturated heterocycles. The number of hydrogen-bond donors (Lipinski definition) is 0. The van der Waals surface area contributed by atoms with Gasteiger partial charge in [0, 0.05) is 26.8 Å². The van der Waals surface area contributed by atoms with E-state index in [4.69, 9.17) is 9.47 Å². The molecule has 0 N–H and O–H groups in total. The van der Waals surface area contributed by atoms with E-state index in [0.29, 0.717) is 13.2 Å². The maximum atomic E-state index is 10.9. The Morgan fingerprint density at radius 1 is 1.06 bits per heavy atom. The molecule has 0 bridgehead atoms. The van der Waals surface area contributed by atoms with E-state index in [1.165, 1.54) is 0 Å². The third-order valence-corrected chi connectivity index (χ3v) is 2.37. The van der Waals surface area contributed by atoms with E-state index in [1.807, 2.05) is 0 Å². The van der Waals surface area contributed by atoms with Gasteiger partial charge in [0.1, 0.15) is 0 Å². The zero-order chi connectivity index (χ0) is 12.9. The van der Waals surface area contributed by atoms with E-state index in [1.54, 1.807) is 14.0 Å². The van der Waals surface area contributed by atoms with Gasteiger partial charge in [-0.1, -0.05) is 6.92 Å². The van der Waals surface area contributed by atoms with Crippen molar-refractivity contribution < 1.29 is 19.0 Å². The third-order valence-electron chi connectivity index (χ3n) is 2.37. The minimum Gasteiger partial charge on any atom is -0.435 e. The van der Waals surface area contributed by atoms with Gasteiger partial charge in [-0.2, -0.15) is 0 Å². The number of methoxy groups -OCH3 is 1. The van der Waals surface area contributed by atoms with Gasteiger partial charge in [-0.15, -0.1) is 0 Å². The van der Waals surface area contributed by atoms with Crippen molar-refractivity contribution in [2.45, 2.75) is 26.7 Å². The molecule has 0 saturated carbocycles. The van der Waals surface area contributed by atoms with E-state index in [9.17, 15) is 4.79 Å². The van der Waals surface area contributed by atoms with Crippen molar-refractivity contribution in [2.24, 2.45) is 0 Å². The standard InChI is InChI=1S/C12H25NO4/c1-4-13(8-6-10-15-3)9-7-11-17-12(14)16-5-2/h4-11H2,1-3H3. The molecule has 0 radical (unpaired) electrons. The highest BCUT2D eigenvalue weighted by Crippen LogP contribution is 1.96. The number of carbonyl (C=O) groups excluding carboxylic acids is 1. The molecule has 0 amide bonds. The first kappa shape index (κ1) is 16.2. The molecule has 0 aliphatic heterocycles. The summed E-state index contributed by atoms with van der Waals surface area (Å²) in [6, 6.07) is 0. The summed E-state index contributed by atoms with van der Waals surface area (Å²) in [6.07, 6.45) is 1.29. The van der Waals surface area contributed by atoms with Gasteiger partial charge in [-0.25, -0.2) is 4.79 Å². The number of rotatable bonds is 10. The number of hydrogen-bond acceptors (Lipinski definition) is 5. The zero-order valence-corrected chi connectivity index (χ0v) is 11.2. The molecular formula is C12H25NO4. The van der Waals surface area contributed by atoms with E-state index >= 15 is 0 Å². The zero-order valence-electron chi connectivity index (χ0n) is 11.2. The molecule has 0 heterocycles. The van der Waals surface area contributed by atoms with Crippen LogP contribution in [0.25, 0.3) is 0 Å². The lowest BCUT2D eigenvalue weighted by atomic mass is 10.3. The van der Waals surface area contributed by atoms with Crippen LogP contribution in [0.1, 0.15) is 26.7 Å². The van der Waals surface area contributed by atoms with Crippen LogP contribution in [0.3, 0.4) is 0 Å². The Morgan fingerprint density at radius 3 is 2.24 bits per heavy atom. The van der Waals surface area contributed by atoms with Crippen molar-refractivity contribution in [3.05, 3.63) is 0 Å². The minimum absolute atomic E-state index is 0.358. The molecule has 17 heavy (non-hydrogen) atoms. The minimum atomic E-state index is -0.574. The first-order valence-corrected chi connectivity index (χ1v) is 6.25. The third kappa shape index (κ3) is 10.1. The van der Waals surface area contributed by atoms with Crippen LogP contribution in [-0.4, -0.2) is 57.6 Å². The van der Waals surface area contributed by atoms with Crippen LogP contribution in [0, 0.1) is 0 Å². The smallest absolute Gasteiger partial charge is 0.435 e. The molecule has 0 aromatic rings. The second-order valence-electron chi connectivity index (χ2n) is 3.67. The van der Waals surface area contributed by atoms with Crippen molar-refractivity contribution in [3.63, 3.8) is 0 Å². The van der Waals surface area contributed by atoms with Gasteiger partial charge in [-0.05, 0) is 26.3 Å². The Bertz CT molecular complexity index is 187. The molecule has 0 spiro atoms. The van der Waals surface area contributed by atoms with Crippen molar-refractivity contribution in [3.8, 4) is 0 Å². The summed E-state index contributed by atoms with van der Waals surface area (Å²) >= 11 is 0. The Balaban J connectivity index is 3.45. The monoisotopic (exact) mass is 247 g/mol. The summed E-state index contributed by atoms with van der Waals surface area (Å²) in [5, 5.41) is 0. The molecule has 0 aromatic carbocycles. The Labute approximate surface area is 104 Å². The summed E-state index contributed by atoms with van der Waals surface area (Å²) in [6.45, 7) is 8.40. The summed E-state index contributed by atoms with van der Waals surface area (Å²) in [4.78, 5) is 13.2. The average Bonchev–Trinajstić information content (AvgIpc) is 2.32. The molecule has 0 aromatic heterocycles. The van der Waals surface area contributed by atoms with E-state index < -0.39 is 6.16 Å². The lowest BCUT2D eigenvalue weighted by Crippen LogP contribution is -2.27. The molecule has 5 nitrogen and oxygen atoms in total. The Morgan fingerprint density at radius 2 is 1.71 bits per heavy atom. The summed E-state index contributed by atoms with van der Waals surface area (Å²) in [5.74, 6) is 0. The fourth-order valence-electron chi connectivity index (χ4n) is 1.46. The molecule has 0 unspecified atom stereocenters. The molecule has 0 rings (SSSR count). The first-order chi connectivity index (χ1) is 8.24. The van der Waals surface area contributed by atoms with E-state index in [2.05, 4.69) is 16.6 Å². The first-order valence-electron chi connectivity index (χ1n) is 6.25. The topological polar surface area (TPSA) is 48.0 Å². The lowest BCUT2D eigenvalue weighted by Gasteiger charge is -2.19. The molecule has 102 valence electrons. The van der Waals surface area contributed by atoms with Gasteiger partial charge in [0.05, 0.1) is 13.2 Å². The van der Waals surface area contributed by atoms with Gasteiger partial charge >= 0.3 is 6.16 Å². The van der Waals surface area contributed by atoms with Gasteiger partial charge in [0.15, 0.2) is 0 Å². The molecule has 5 heteroatoms. The van der Waals surface area contributed by atoms with E-state index in [0.717, 1.165) is 39.1 Å². The normalized spacial score (nSPS) is 10.6. The highest BCUT2D eigenvalue weighted by atomic mass is 16.7. The highest BCUT2D eigenvalue weighted by Gasteiger charge is 2.04. The van der Waals surface area contributed by atoms with Crippen molar-refractivity contribution in [1.29, 1.82) is 0 Å². The summed E-state index contributed by atoms with van der Waals surface area (Å²) in [5.41, 5.74) is 0. The quantitative estimate of drug-likeness (QED) is 0.436. The van der Waals surface area contributed by atoms with Gasteiger partial charge < -0.3 is 19.1 Å². The van der Waals surface area contributed by atoms with Crippen LogP contribution in [0.4, 0.5) is 4.79 Å². The average molecular weight is 247 g/mol. The number of carbonyl (C=O) groups is 1. The summed E-state index contributed by atoms with van der Waals surface area (Å²) in [7, 11) is 1.71. The predicted molar refractivity (Wildman–Crippen MR) is 66.2 cm³/mol. The fourth-order valence-corrected chi connectivity index (χ4v) is 1.46. The number of nitrogens with zero attached hydrogens (tertiary/aromatic N) is 1. The maximum absolute atomic E-state index is 10.9. The van der Waals surface area contributed by atoms with E-state index in [-0.39, 0.29) is 0 Å². The van der Waals surface area contributed by atoms with Crippen molar-refractivity contribution in [1.82, 2.24) is 4.90 Å². The molecule has 0 atom stereocenters. The molecular weight excluding hydrogens is 222 g/mol. The highest BCUT2D eigenvalue weighted by molar-refractivity contribution is 5.59. The van der Waals surface area contributed by atoms with Gasteiger partial charge in [0.2, 0.25) is 0 Å². The SMILES string of the molecule is CCOC(=O)OCCCN(CC)CCCOC. The number of ether oxygens (including phenoxy) is 3. The van der Waals surface area contributed by atoms with Crippen LogP contribution in [0.15, 0.2) is 0 Å². The largest absolute Gasteiger partial charge is 0.508 e. The van der Waals surface area contributed by atoms with Crippen molar-refractivity contribution >= 4 is 6.16 Å². The van der Waals surface area contributed by atoms with Crippen LogP contribution in [-0.2, 0) is 14.2 Å². The van der Waals surface area contributed by atoms with Gasteiger partial charge in [-0.3, -0.25) is 0 Å². The fraction of sp³-hybridized carbons (Fsp3) is 0.917. The lowest BCUT2D eigenvalue weighted by molar-refractivity contribution is 0.0559. The van der Waals surface area contributed by atoms with Crippen LogP contribution in [0.2, 0.25) is 0 Å². The second-order valence-corrected chi connectivity index (χ2v) is 3.67. The second kappa shape index (κ2) is 11.7. The van der Waals surface area contributed by atoms with Crippen LogP contribution in [0.5, 0.6) is 0 Å². The predicted octanol–water partition coefficient (Wildman–Crippen LogP) is 1.91. The summed E-state index contributed by atoms with van der Waals surface area (Å²) < 4.78 is 14.6. The maximum Gasteiger partial charge on any atom is 0.508 e. The Hall–Kier alpha value is -0.810. The van der Waals surface area contributed by atoms with Crippen LogP contribution >= 0.6 is 0 Å². The Kier molecular flexibility index (Phi) is 11.1. The molecule has 0 fully saturated rings.